The smallest absolute Gasteiger partial charge is 0.240 e. The molecule has 8 nitrogen and oxygen atoms in total. The number of aliphatic hydroxyl groups is 1. The number of carbonyl (C=O) groups is 2. The van der Waals surface area contributed by atoms with Gasteiger partial charge in [-0.05, 0) is 31.2 Å². The van der Waals surface area contributed by atoms with E-state index in [1.54, 1.807) is 36.7 Å². The average molecular weight is 486 g/mol. The van der Waals surface area contributed by atoms with Crippen molar-refractivity contribution in [3.8, 4) is 5.88 Å². The van der Waals surface area contributed by atoms with Gasteiger partial charge in [0.2, 0.25) is 17.7 Å². The number of halogens is 1. The van der Waals surface area contributed by atoms with Gasteiger partial charge in [0.15, 0.2) is 0 Å². The predicted molar refractivity (Wildman–Crippen MR) is 121 cm³/mol. The second kappa shape index (κ2) is 7.20. The van der Waals surface area contributed by atoms with Crippen LogP contribution < -0.4 is 9.64 Å². The number of benzene rings is 1. The number of hydrogen-bond acceptors (Lipinski definition) is 8. The third kappa shape index (κ3) is 2.96. The van der Waals surface area contributed by atoms with E-state index in [0.717, 1.165) is 10.2 Å². The highest BCUT2D eigenvalue weighted by atomic mass is 35.5. The maximum Gasteiger partial charge on any atom is 0.240 e. The summed E-state index contributed by atoms with van der Waals surface area (Å²) >= 11 is 7.32. The Bertz CT molecular complexity index is 1280. The van der Waals surface area contributed by atoms with Gasteiger partial charge in [-0.1, -0.05) is 11.6 Å². The van der Waals surface area contributed by atoms with Crippen LogP contribution in [0.4, 0.5) is 5.69 Å². The van der Waals surface area contributed by atoms with Crippen molar-refractivity contribution in [2.45, 2.75) is 37.1 Å². The first-order chi connectivity index (χ1) is 15.8. The molecule has 0 spiro atoms. The molecule has 3 fully saturated rings. The molecular weight excluding hydrogens is 466 g/mol. The van der Waals surface area contributed by atoms with Gasteiger partial charge < -0.3 is 14.6 Å². The molecule has 5 atom stereocenters. The second-order valence-corrected chi connectivity index (χ2v) is 10.3. The molecule has 10 heteroatoms. The molecule has 1 N–H and O–H groups in total. The highest BCUT2D eigenvalue weighted by Crippen LogP contribution is 2.62. The zero-order valence-electron chi connectivity index (χ0n) is 17.6. The molecule has 1 aromatic carbocycles. The molecule has 0 saturated carbocycles. The van der Waals surface area contributed by atoms with Crippen molar-refractivity contribution in [1.82, 2.24) is 9.97 Å². The van der Waals surface area contributed by atoms with Crippen molar-refractivity contribution >= 4 is 50.7 Å². The Labute approximate surface area is 198 Å². The Balaban J connectivity index is 1.30. The lowest BCUT2D eigenvalue weighted by atomic mass is 9.66. The third-order valence-corrected chi connectivity index (χ3v) is 8.18. The van der Waals surface area contributed by atoms with Crippen LogP contribution in [-0.4, -0.2) is 50.8 Å². The molecule has 3 aliphatic rings. The van der Waals surface area contributed by atoms with Gasteiger partial charge >= 0.3 is 0 Å². The van der Waals surface area contributed by atoms with Crippen LogP contribution in [0.15, 0.2) is 42.0 Å². The number of aliphatic hydroxyl groups excluding tert-OH is 1. The number of nitrogens with zero attached hydrogens (tertiary/aromatic N) is 3. The van der Waals surface area contributed by atoms with E-state index in [1.165, 1.54) is 22.4 Å². The third-order valence-electron chi connectivity index (χ3n) is 7.16. The molecule has 0 aliphatic carbocycles. The van der Waals surface area contributed by atoms with E-state index in [-0.39, 0.29) is 24.8 Å². The summed E-state index contributed by atoms with van der Waals surface area (Å²) in [4.78, 5) is 36.8. The average Bonchev–Trinajstić information content (AvgIpc) is 3.48. The normalized spacial score (nSPS) is 32.7. The molecule has 3 saturated heterocycles. The van der Waals surface area contributed by atoms with Crippen LogP contribution in [-0.2, 0) is 14.3 Å². The summed E-state index contributed by atoms with van der Waals surface area (Å²) in [7, 11) is 0. The van der Waals surface area contributed by atoms with Crippen molar-refractivity contribution in [2.24, 2.45) is 11.8 Å². The van der Waals surface area contributed by atoms with E-state index in [0.29, 0.717) is 23.0 Å². The zero-order chi connectivity index (χ0) is 23.0. The summed E-state index contributed by atoms with van der Waals surface area (Å²) in [5.41, 5.74) is 0.955. The van der Waals surface area contributed by atoms with Gasteiger partial charge in [0.25, 0.3) is 0 Å². The maximum atomic E-state index is 13.7. The van der Waals surface area contributed by atoms with Gasteiger partial charge in [-0.25, -0.2) is 14.9 Å². The van der Waals surface area contributed by atoms with Gasteiger partial charge in [-0.3, -0.25) is 9.59 Å². The number of carbonyl (C=O) groups excluding carboxylic acids is 2. The van der Waals surface area contributed by atoms with Crippen molar-refractivity contribution in [1.29, 1.82) is 0 Å². The summed E-state index contributed by atoms with van der Waals surface area (Å²) in [5.74, 6) is -1.66. The monoisotopic (exact) mass is 485 g/mol. The summed E-state index contributed by atoms with van der Waals surface area (Å²) in [6, 6.07) is 8.70. The fraction of sp³-hybridized carbons (Fsp3) is 0.391. The van der Waals surface area contributed by atoms with Gasteiger partial charge in [-0.15, -0.1) is 11.3 Å². The maximum absolute atomic E-state index is 13.7. The molecule has 33 heavy (non-hydrogen) atoms. The lowest BCUT2D eigenvalue weighted by Gasteiger charge is -2.33. The molecule has 4 unspecified atom stereocenters. The molecule has 5 heterocycles. The first-order valence-electron chi connectivity index (χ1n) is 10.7. The van der Waals surface area contributed by atoms with E-state index in [4.69, 9.17) is 21.1 Å². The number of imide groups is 1. The summed E-state index contributed by atoms with van der Waals surface area (Å²) in [6.45, 7) is 1.95. The number of anilines is 1. The lowest BCUT2D eigenvalue weighted by molar-refractivity contribution is -0.134. The van der Waals surface area contributed by atoms with Gasteiger partial charge in [0.05, 0.1) is 56.6 Å². The van der Waals surface area contributed by atoms with Crippen LogP contribution in [0.2, 0.25) is 5.02 Å². The van der Waals surface area contributed by atoms with E-state index in [9.17, 15) is 14.7 Å². The first kappa shape index (κ1) is 21.0. The van der Waals surface area contributed by atoms with Crippen LogP contribution in [0.5, 0.6) is 5.88 Å². The largest absolute Gasteiger partial charge is 0.478 e. The number of ether oxygens (including phenoxy) is 2. The Morgan fingerprint density at radius 2 is 2.06 bits per heavy atom. The minimum Gasteiger partial charge on any atom is -0.478 e. The molecule has 3 aliphatic heterocycles. The van der Waals surface area contributed by atoms with E-state index in [2.05, 4.69) is 9.97 Å². The van der Waals surface area contributed by atoms with Crippen LogP contribution in [0.1, 0.15) is 19.8 Å². The molecule has 170 valence electrons. The Kier molecular flexibility index (Phi) is 4.58. The van der Waals surface area contributed by atoms with Crippen molar-refractivity contribution in [3.63, 3.8) is 0 Å². The number of hydrogen-bond donors (Lipinski definition) is 1. The number of pyridine rings is 1. The first-order valence-corrected chi connectivity index (χ1v) is 11.9. The molecule has 6 rings (SSSR count). The summed E-state index contributed by atoms with van der Waals surface area (Å²) in [6.07, 6.45) is 1.24. The van der Waals surface area contributed by atoms with E-state index in [1.807, 2.05) is 6.07 Å². The molecule has 2 bridgehead atoms. The number of fused-ring (bicyclic) bond motifs is 6. The lowest BCUT2D eigenvalue weighted by Crippen LogP contribution is -2.49. The second-order valence-electron chi connectivity index (χ2n) is 8.96. The quantitative estimate of drug-likeness (QED) is 0.553. The number of aromatic nitrogens is 2. The molecule has 2 aromatic heterocycles. The van der Waals surface area contributed by atoms with Crippen LogP contribution in [0.3, 0.4) is 0 Å². The van der Waals surface area contributed by atoms with E-state index < -0.39 is 29.1 Å². The Hall–Kier alpha value is -2.59. The highest BCUT2D eigenvalue weighted by molar-refractivity contribution is 7.16. The van der Waals surface area contributed by atoms with Crippen LogP contribution in [0.25, 0.3) is 10.2 Å². The summed E-state index contributed by atoms with van der Waals surface area (Å²) < 4.78 is 13.0. The zero-order valence-corrected chi connectivity index (χ0v) is 19.2. The highest BCUT2D eigenvalue weighted by Gasteiger charge is 2.77. The number of rotatable bonds is 5. The Morgan fingerprint density at radius 1 is 1.24 bits per heavy atom. The standard InChI is InChI=1S/C23H20ClN3O5S/c1-22-16(28)9-23(32-22,6-7-31-17-5-2-12(24)10-25-17)19-18(22)20(29)27(21(19)30)13-3-4-14-15(8-13)33-11-26-14/h2-5,8,10-11,16,18-19,28H,6-7,9H2,1H3/t16?,18-,19?,22?,23?/m1/s1. The molecule has 0 radical (unpaired) electrons. The van der Waals surface area contributed by atoms with Crippen molar-refractivity contribution < 1.29 is 24.2 Å². The minimum atomic E-state index is -1.13. The van der Waals surface area contributed by atoms with Crippen LogP contribution >= 0.6 is 22.9 Å². The number of amides is 2. The van der Waals surface area contributed by atoms with Gasteiger partial charge in [0.1, 0.15) is 5.60 Å². The van der Waals surface area contributed by atoms with Crippen molar-refractivity contribution in [3.05, 3.63) is 47.1 Å². The molecule has 3 aromatic rings. The summed E-state index contributed by atoms with van der Waals surface area (Å²) in [5, 5.41) is 11.3. The SMILES string of the molecule is CC12OC(CCOc3ccc(Cl)cn3)(CC1O)C1C(=O)N(c3ccc4ncsc4c3)C(=O)[C@@H]12. The van der Waals surface area contributed by atoms with Gasteiger partial charge in [-0.2, -0.15) is 0 Å². The minimum absolute atomic E-state index is 0.217. The predicted octanol–water partition coefficient (Wildman–Crippen LogP) is 3.21. The number of thiazole rings is 1. The molecule has 2 amide bonds. The molecular formula is C23H20ClN3O5S. The van der Waals surface area contributed by atoms with E-state index >= 15 is 0 Å². The Morgan fingerprint density at radius 3 is 2.85 bits per heavy atom. The fourth-order valence-electron chi connectivity index (χ4n) is 5.64. The fourth-order valence-corrected chi connectivity index (χ4v) is 6.46. The van der Waals surface area contributed by atoms with Crippen LogP contribution in [0, 0.1) is 11.8 Å². The van der Waals surface area contributed by atoms with Gasteiger partial charge in [0, 0.05) is 25.1 Å². The topological polar surface area (TPSA) is 102 Å². The van der Waals surface area contributed by atoms with Crippen molar-refractivity contribution in [2.75, 3.05) is 11.5 Å².